The molecule has 1 aromatic carbocycles. The molecule has 1 aliphatic carbocycles. The normalized spacial score (nSPS) is 20.4. The van der Waals surface area contributed by atoms with Gasteiger partial charge in [0.1, 0.15) is 5.75 Å². The second-order valence-corrected chi connectivity index (χ2v) is 6.93. The summed E-state index contributed by atoms with van der Waals surface area (Å²) in [5.41, 5.74) is 0.709. The topological polar surface area (TPSA) is 127 Å². The van der Waals surface area contributed by atoms with Gasteiger partial charge in [0.05, 0.1) is 12.0 Å². The molecule has 0 aliphatic heterocycles. The molecule has 0 amide bonds. The molecule has 0 bridgehead atoms. The van der Waals surface area contributed by atoms with Crippen LogP contribution in [0.15, 0.2) is 48.2 Å². The highest BCUT2D eigenvalue weighted by atomic mass is 31.2. The standard InChI is InChI=1S/C16H20NO6P/c1-2-12(10-6-8-11(18)9-7-10)16(20)15-13(17-24(21,22)23)4-3-5-14(15)19/h3-9,12,15-16,18,20H,2H2,1H3,(H3,17,21,22,23). The molecule has 130 valence electrons. The summed E-state index contributed by atoms with van der Waals surface area (Å²) >= 11 is 0. The van der Waals surface area contributed by atoms with E-state index in [9.17, 15) is 19.6 Å². The smallest absolute Gasteiger partial charge is 0.427 e. The van der Waals surface area contributed by atoms with Crippen LogP contribution in [0.25, 0.3) is 0 Å². The summed E-state index contributed by atoms with van der Waals surface area (Å²) in [4.78, 5) is 30.4. The molecule has 0 saturated carbocycles. The van der Waals surface area contributed by atoms with E-state index in [1.54, 1.807) is 12.1 Å². The third kappa shape index (κ3) is 4.33. The lowest BCUT2D eigenvalue weighted by Gasteiger charge is -2.31. The van der Waals surface area contributed by atoms with Gasteiger partial charge in [-0.2, -0.15) is 0 Å². The van der Waals surface area contributed by atoms with Crippen molar-refractivity contribution in [2.75, 3.05) is 0 Å². The Bertz CT molecular complexity index is 706. The first kappa shape index (κ1) is 18.4. The zero-order chi connectivity index (χ0) is 17.9. The highest BCUT2D eigenvalue weighted by molar-refractivity contribution is 7.49. The van der Waals surface area contributed by atoms with E-state index in [0.29, 0.717) is 6.42 Å². The fourth-order valence-electron chi connectivity index (χ4n) is 2.86. The molecule has 0 spiro atoms. The van der Waals surface area contributed by atoms with Gasteiger partial charge in [0.2, 0.25) is 0 Å². The first-order valence-corrected chi connectivity index (χ1v) is 9.07. The summed E-state index contributed by atoms with van der Waals surface area (Å²) in [5.74, 6) is -1.88. The predicted molar refractivity (Wildman–Crippen MR) is 88.0 cm³/mol. The summed E-state index contributed by atoms with van der Waals surface area (Å²) in [6.45, 7) is 1.84. The minimum absolute atomic E-state index is 0.0134. The zero-order valence-electron chi connectivity index (χ0n) is 13.0. The Balaban J connectivity index is 2.32. The molecule has 0 fully saturated rings. The highest BCUT2D eigenvalue weighted by Crippen LogP contribution is 2.37. The van der Waals surface area contributed by atoms with Gasteiger partial charge in [-0.05, 0) is 36.3 Å². The van der Waals surface area contributed by atoms with Crippen molar-refractivity contribution in [1.29, 1.82) is 0 Å². The lowest BCUT2D eigenvalue weighted by molar-refractivity contribution is -0.120. The van der Waals surface area contributed by atoms with E-state index in [0.717, 1.165) is 5.56 Å². The number of aliphatic hydroxyl groups is 1. The van der Waals surface area contributed by atoms with E-state index < -0.39 is 31.5 Å². The van der Waals surface area contributed by atoms with Crippen LogP contribution in [0, 0.1) is 5.92 Å². The SMILES string of the molecule is CCC(c1ccc(O)cc1)C(O)C1C(=O)C=CC=C1NP(=O)(O)O. The van der Waals surface area contributed by atoms with Crippen molar-refractivity contribution in [2.45, 2.75) is 25.4 Å². The monoisotopic (exact) mass is 353 g/mol. The van der Waals surface area contributed by atoms with Gasteiger partial charge in [0.25, 0.3) is 0 Å². The van der Waals surface area contributed by atoms with Crippen molar-refractivity contribution in [3.05, 3.63) is 53.8 Å². The van der Waals surface area contributed by atoms with E-state index in [-0.39, 0.29) is 11.4 Å². The predicted octanol–water partition coefficient (Wildman–Crippen LogP) is 1.57. The maximum atomic E-state index is 12.2. The van der Waals surface area contributed by atoms with Gasteiger partial charge in [0.15, 0.2) is 5.78 Å². The number of aliphatic hydroxyl groups excluding tert-OH is 1. The largest absolute Gasteiger partial charge is 0.508 e. The maximum Gasteiger partial charge on any atom is 0.427 e. The van der Waals surface area contributed by atoms with Gasteiger partial charge in [0, 0.05) is 11.6 Å². The number of ketones is 1. The van der Waals surface area contributed by atoms with Crippen LogP contribution in [0.3, 0.4) is 0 Å². The van der Waals surface area contributed by atoms with Crippen LogP contribution in [0.5, 0.6) is 5.75 Å². The van der Waals surface area contributed by atoms with Gasteiger partial charge in [-0.25, -0.2) is 4.57 Å². The van der Waals surface area contributed by atoms with Crippen LogP contribution in [-0.4, -0.2) is 31.9 Å². The van der Waals surface area contributed by atoms with Crippen LogP contribution < -0.4 is 5.09 Å². The molecule has 0 saturated heterocycles. The number of benzene rings is 1. The summed E-state index contributed by atoms with van der Waals surface area (Å²) in [6, 6.07) is 6.27. The van der Waals surface area contributed by atoms with E-state index in [4.69, 9.17) is 9.79 Å². The molecular weight excluding hydrogens is 333 g/mol. The van der Waals surface area contributed by atoms with Crippen molar-refractivity contribution in [2.24, 2.45) is 5.92 Å². The maximum absolute atomic E-state index is 12.2. The first-order chi connectivity index (χ1) is 11.2. The summed E-state index contributed by atoms with van der Waals surface area (Å²) in [6.07, 6.45) is 3.34. The van der Waals surface area contributed by atoms with Gasteiger partial charge in [-0.3, -0.25) is 9.88 Å². The van der Waals surface area contributed by atoms with E-state index >= 15 is 0 Å². The zero-order valence-corrected chi connectivity index (χ0v) is 13.9. The Labute approximate surface area is 139 Å². The van der Waals surface area contributed by atoms with Crippen molar-refractivity contribution in [1.82, 2.24) is 5.09 Å². The van der Waals surface area contributed by atoms with Gasteiger partial charge in [-0.1, -0.05) is 25.1 Å². The number of carbonyl (C=O) groups is 1. The summed E-state index contributed by atoms with van der Waals surface area (Å²) in [7, 11) is -4.60. The lowest BCUT2D eigenvalue weighted by atomic mass is 9.79. The summed E-state index contributed by atoms with van der Waals surface area (Å²) < 4.78 is 11.2. The number of rotatable bonds is 6. The first-order valence-electron chi connectivity index (χ1n) is 7.46. The molecule has 8 heteroatoms. The number of nitrogens with one attached hydrogen (secondary N) is 1. The molecule has 24 heavy (non-hydrogen) atoms. The number of carbonyl (C=O) groups excluding carboxylic acids is 1. The second kappa shape index (κ2) is 7.32. The van der Waals surface area contributed by atoms with Crippen LogP contribution in [0.4, 0.5) is 0 Å². The molecule has 3 atom stereocenters. The third-order valence-electron chi connectivity index (χ3n) is 3.97. The Hall–Kier alpha value is -1.92. The Morgan fingerprint density at radius 1 is 1.25 bits per heavy atom. The average molecular weight is 353 g/mol. The van der Waals surface area contributed by atoms with Crippen molar-refractivity contribution in [3.8, 4) is 5.75 Å². The Kier molecular flexibility index (Phi) is 5.62. The molecule has 0 aromatic heterocycles. The van der Waals surface area contributed by atoms with E-state index in [2.05, 4.69) is 0 Å². The third-order valence-corrected chi connectivity index (χ3v) is 4.52. The molecule has 5 N–H and O–H groups in total. The fraction of sp³-hybridized carbons (Fsp3) is 0.312. The molecule has 7 nitrogen and oxygen atoms in total. The number of hydrogen-bond acceptors (Lipinski definition) is 4. The Morgan fingerprint density at radius 2 is 1.88 bits per heavy atom. The quantitative estimate of drug-likeness (QED) is 0.491. The number of phenolic OH excluding ortho intramolecular Hbond substituents is 1. The molecular formula is C16H20NO6P. The molecule has 0 radical (unpaired) electrons. The Morgan fingerprint density at radius 3 is 2.42 bits per heavy atom. The number of phenols is 1. The van der Waals surface area contributed by atoms with Crippen LogP contribution in [0.2, 0.25) is 0 Å². The van der Waals surface area contributed by atoms with Gasteiger partial charge >= 0.3 is 7.75 Å². The fourth-order valence-corrected chi connectivity index (χ4v) is 3.41. The highest BCUT2D eigenvalue weighted by Gasteiger charge is 2.37. The van der Waals surface area contributed by atoms with Crippen molar-refractivity contribution < 1.29 is 29.4 Å². The van der Waals surface area contributed by atoms with E-state index in [1.807, 2.05) is 12.0 Å². The van der Waals surface area contributed by atoms with E-state index in [1.165, 1.54) is 30.4 Å². The van der Waals surface area contributed by atoms with Crippen molar-refractivity contribution in [3.63, 3.8) is 0 Å². The molecule has 1 aliphatic rings. The average Bonchev–Trinajstić information content (AvgIpc) is 2.48. The number of hydrogen-bond donors (Lipinski definition) is 5. The van der Waals surface area contributed by atoms with Crippen LogP contribution in [0.1, 0.15) is 24.8 Å². The molecule has 1 aromatic rings. The molecule has 0 heterocycles. The van der Waals surface area contributed by atoms with Crippen molar-refractivity contribution >= 4 is 13.5 Å². The molecule has 3 unspecified atom stereocenters. The van der Waals surface area contributed by atoms with Crippen LogP contribution >= 0.6 is 7.75 Å². The number of aromatic hydroxyl groups is 1. The van der Waals surface area contributed by atoms with Gasteiger partial charge < -0.3 is 20.0 Å². The minimum Gasteiger partial charge on any atom is -0.508 e. The lowest BCUT2D eigenvalue weighted by Crippen LogP contribution is -2.38. The second-order valence-electron chi connectivity index (χ2n) is 5.61. The molecule has 2 rings (SSSR count). The van der Waals surface area contributed by atoms with Gasteiger partial charge in [-0.15, -0.1) is 0 Å². The number of allylic oxidation sites excluding steroid dienone is 3. The van der Waals surface area contributed by atoms with Crippen LogP contribution in [-0.2, 0) is 9.36 Å². The summed E-state index contributed by atoms with van der Waals surface area (Å²) in [5, 5.41) is 22.1. The minimum atomic E-state index is -4.60.